The van der Waals surface area contributed by atoms with Crippen LogP contribution in [0, 0.1) is 0 Å². The molecule has 0 aliphatic heterocycles. The Balaban J connectivity index is 0. The van der Waals surface area contributed by atoms with E-state index in [1.807, 2.05) is 6.92 Å². The summed E-state index contributed by atoms with van der Waals surface area (Å²) in [5.74, 6) is -0.865. The lowest BCUT2D eigenvalue weighted by Gasteiger charge is -2.20. The first-order chi connectivity index (χ1) is 16.9. The highest BCUT2D eigenvalue weighted by Crippen LogP contribution is 2.03. The molecule has 1 atom stereocenters. The Kier molecular flexibility index (Phi) is 26.7. The molecule has 6 N–H and O–H groups in total. The molecule has 1 unspecified atom stereocenters. The van der Waals surface area contributed by atoms with Gasteiger partial charge in [0.2, 0.25) is 0 Å². The third-order valence-corrected chi connectivity index (χ3v) is 4.83. The number of aliphatic hydroxyl groups excluding tert-OH is 3. The van der Waals surface area contributed by atoms with E-state index < -0.39 is 37.4 Å². The number of aliphatic carboxylic acids is 1. The molecule has 0 saturated carbocycles. The van der Waals surface area contributed by atoms with Crippen molar-refractivity contribution in [1.82, 2.24) is 0 Å². The number of unbranched alkanes of at least 4 members (excludes halogenated alkanes) is 2. The largest absolute Gasteiger partial charge is 0.479 e. The van der Waals surface area contributed by atoms with Crippen LogP contribution in [-0.4, -0.2) is 64.5 Å². The number of hydrogen-bond donors (Lipinski definition) is 5. The molecular weight excluding hydrogens is 446 g/mol. The first-order valence-corrected chi connectivity index (χ1v) is 12.6. The maximum atomic E-state index is 10.8. The number of nitrogens with two attached hydrogens (primary N) is 1. The van der Waals surface area contributed by atoms with Gasteiger partial charge in [0.1, 0.15) is 0 Å². The molecule has 7 nitrogen and oxygen atoms in total. The average Bonchev–Trinajstić information content (AvgIpc) is 2.87. The van der Waals surface area contributed by atoms with Crippen molar-refractivity contribution in [3.8, 4) is 0 Å². The normalized spacial score (nSPS) is 13.4. The fraction of sp³-hybridized carbons (Fsp3) is 0.607. The predicted octanol–water partition coefficient (Wildman–Crippen LogP) is 4.45. The standard InChI is InChI=1S/C24H38O3.C4H11NO3/c1-3-5-6-7-8-9-10-11-12-13-14-15-16-17-18-19-20-21-22-27-23(4-2)24(25)26;5-4(1-6,2-7)3-8/h5-6,8-9,11-12,14-15,17-18,23H,3-4,7,10,13,16,19-22H2,1-2H3,(H,25,26);6-8H,1-3,5H2. The SMILES string of the molecule is CCC=CCC=CCC=CCC=CCC=CCCCCOC(CC)C(=O)O.NC(CO)(CO)CO. The van der Waals surface area contributed by atoms with Crippen LogP contribution >= 0.6 is 0 Å². The summed E-state index contributed by atoms with van der Waals surface area (Å²) >= 11 is 0. The molecule has 0 aliphatic rings. The lowest BCUT2D eigenvalue weighted by atomic mass is 10.1. The second kappa shape index (κ2) is 26.6. The van der Waals surface area contributed by atoms with Crippen LogP contribution in [0.4, 0.5) is 0 Å². The Bertz CT molecular complexity index is 613. The number of carboxylic acid groups (broad SMARTS) is 1. The molecule has 0 aromatic heterocycles. The topological polar surface area (TPSA) is 133 Å². The number of carbonyl (C=O) groups is 1. The molecule has 0 aromatic rings. The summed E-state index contributed by atoms with van der Waals surface area (Å²) in [5, 5.41) is 33.9. The lowest BCUT2D eigenvalue weighted by Crippen LogP contribution is -2.50. The Morgan fingerprint density at radius 3 is 1.54 bits per heavy atom. The van der Waals surface area contributed by atoms with Crippen LogP contribution in [0.25, 0.3) is 0 Å². The Morgan fingerprint density at radius 1 is 0.771 bits per heavy atom. The van der Waals surface area contributed by atoms with Gasteiger partial charge in [0, 0.05) is 6.61 Å². The van der Waals surface area contributed by atoms with Crippen molar-refractivity contribution < 1.29 is 30.0 Å². The van der Waals surface area contributed by atoms with Crippen molar-refractivity contribution in [2.45, 2.75) is 83.3 Å². The molecular formula is C28H49NO6. The monoisotopic (exact) mass is 495 g/mol. The minimum absolute atomic E-state index is 0.403. The van der Waals surface area contributed by atoms with Gasteiger partial charge in [-0.05, 0) is 57.8 Å². The molecule has 0 aromatic carbocycles. The van der Waals surface area contributed by atoms with Crippen molar-refractivity contribution in [3.05, 3.63) is 60.8 Å². The van der Waals surface area contributed by atoms with E-state index >= 15 is 0 Å². The molecule has 202 valence electrons. The van der Waals surface area contributed by atoms with Gasteiger partial charge in [0.15, 0.2) is 6.10 Å². The third kappa shape index (κ3) is 24.9. The van der Waals surface area contributed by atoms with Gasteiger partial charge in [-0.2, -0.15) is 0 Å². The second-order valence-corrected chi connectivity index (χ2v) is 8.15. The Morgan fingerprint density at radius 2 is 1.20 bits per heavy atom. The number of hydrogen-bond acceptors (Lipinski definition) is 6. The van der Waals surface area contributed by atoms with Gasteiger partial charge in [0.05, 0.1) is 25.4 Å². The van der Waals surface area contributed by atoms with Crippen molar-refractivity contribution in [1.29, 1.82) is 0 Å². The van der Waals surface area contributed by atoms with Crippen LogP contribution in [0.15, 0.2) is 60.8 Å². The summed E-state index contributed by atoms with van der Waals surface area (Å²) in [7, 11) is 0. The first kappa shape index (κ1) is 35.1. The number of ether oxygens (including phenoxy) is 1. The summed E-state index contributed by atoms with van der Waals surface area (Å²) in [5.41, 5.74) is 3.94. The Labute approximate surface area is 212 Å². The number of rotatable bonds is 20. The number of allylic oxidation sites excluding steroid dienone is 10. The minimum Gasteiger partial charge on any atom is -0.479 e. The van der Waals surface area contributed by atoms with Crippen LogP contribution in [0.1, 0.15) is 71.6 Å². The highest BCUT2D eigenvalue weighted by molar-refractivity contribution is 5.72. The van der Waals surface area contributed by atoms with E-state index in [9.17, 15) is 4.79 Å². The molecule has 0 amide bonds. The van der Waals surface area contributed by atoms with E-state index in [1.54, 1.807) is 0 Å². The summed E-state index contributed by atoms with van der Waals surface area (Å²) in [6.45, 7) is 3.29. The van der Waals surface area contributed by atoms with Gasteiger partial charge in [-0.3, -0.25) is 0 Å². The van der Waals surface area contributed by atoms with Crippen LogP contribution in [-0.2, 0) is 9.53 Å². The maximum absolute atomic E-state index is 10.8. The highest BCUT2D eigenvalue weighted by Gasteiger charge is 2.20. The number of aliphatic hydroxyl groups is 3. The zero-order valence-corrected chi connectivity index (χ0v) is 21.7. The van der Waals surface area contributed by atoms with Crippen LogP contribution in [0.2, 0.25) is 0 Å². The maximum Gasteiger partial charge on any atom is 0.332 e. The van der Waals surface area contributed by atoms with Gasteiger partial charge in [-0.25, -0.2) is 4.79 Å². The predicted molar refractivity (Wildman–Crippen MR) is 144 cm³/mol. The molecule has 0 saturated heterocycles. The lowest BCUT2D eigenvalue weighted by molar-refractivity contribution is -0.150. The smallest absolute Gasteiger partial charge is 0.332 e. The summed E-state index contributed by atoms with van der Waals surface area (Å²) in [6, 6.07) is 0. The van der Waals surface area contributed by atoms with E-state index in [-0.39, 0.29) is 0 Å². The van der Waals surface area contributed by atoms with E-state index in [4.69, 9.17) is 30.9 Å². The average molecular weight is 496 g/mol. The minimum atomic E-state index is -1.21. The van der Waals surface area contributed by atoms with Crippen molar-refractivity contribution in [2.24, 2.45) is 5.73 Å². The summed E-state index contributed by atoms with van der Waals surface area (Å²) in [4.78, 5) is 10.8. The second-order valence-electron chi connectivity index (χ2n) is 8.15. The zero-order chi connectivity index (χ0) is 26.6. The fourth-order valence-corrected chi connectivity index (χ4v) is 2.47. The van der Waals surface area contributed by atoms with Crippen LogP contribution < -0.4 is 5.73 Å². The van der Waals surface area contributed by atoms with Crippen molar-refractivity contribution in [3.63, 3.8) is 0 Å². The van der Waals surface area contributed by atoms with Crippen molar-refractivity contribution >= 4 is 5.97 Å². The van der Waals surface area contributed by atoms with Gasteiger partial charge in [-0.1, -0.05) is 74.6 Å². The van der Waals surface area contributed by atoms with Gasteiger partial charge >= 0.3 is 5.97 Å². The van der Waals surface area contributed by atoms with Gasteiger partial charge < -0.3 is 30.9 Å². The first-order valence-electron chi connectivity index (χ1n) is 12.6. The molecule has 0 heterocycles. The van der Waals surface area contributed by atoms with Crippen LogP contribution in [0.3, 0.4) is 0 Å². The quantitative estimate of drug-likeness (QED) is 0.124. The molecule has 0 radical (unpaired) electrons. The Hall–Kier alpha value is -2.03. The summed E-state index contributed by atoms with van der Waals surface area (Å²) in [6.07, 6.45) is 29.9. The van der Waals surface area contributed by atoms with Gasteiger partial charge in [0.25, 0.3) is 0 Å². The molecule has 0 rings (SSSR count). The molecule has 0 fully saturated rings. The van der Waals surface area contributed by atoms with E-state index in [0.29, 0.717) is 13.0 Å². The fourth-order valence-electron chi connectivity index (χ4n) is 2.47. The van der Waals surface area contributed by atoms with Crippen molar-refractivity contribution in [2.75, 3.05) is 26.4 Å². The van der Waals surface area contributed by atoms with E-state index in [2.05, 4.69) is 67.7 Å². The molecule has 0 spiro atoms. The molecule has 0 aliphatic carbocycles. The summed E-state index contributed by atoms with van der Waals surface area (Å²) < 4.78 is 5.33. The van der Waals surface area contributed by atoms with E-state index in [1.165, 1.54) is 0 Å². The molecule has 7 heteroatoms. The van der Waals surface area contributed by atoms with Crippen LogP contribution in [0.5, 0.6) is 0 Å². The molecule has 35 heavy (non-hydrogen) atoms. The zero-order valence-electron chi connectivity index (χ0n) is 21.7. The number of carboxylic acids is 1. The van der Waals surface area contributed by atoms with Gasteiger partial charge in [-0.15, -0.1) is 0 Å². The molecule has 0 bridgehead atoms. The van der Waals surface area contributed by atoms with E-state index in [0.717, 1.165) is 51.4 Å². The third-order valence-electron chi connectivity index (χ3n) is 4.83. The highest BCUT2D eigenvalue weighted by atomic mass is 16.5.